The number of anilines is 3. The summed E-state index contributed by atoms with van der Waals surface area (Å²) in [4.78, 5) is 35.6. The second kappa shape index (κ2) is 11.0. The number of amides is 2. The van der Waals surface area contributed by atoms with Crippen molar-refractivity contribution in [3.05, 3.63) is 101 Å². The third-order valence-electron chi connectivity index (χ3n) is 8.00. The van der Waals surface area contributed by atoms with Gasteiger partial charge in [0.2, 0.25) is 5.91 Å². The second-order valence-electron chi connectivity index (χ2n) is 10.8. The van der Waals surface area contributed by atoms with E-state index in [2.05, 4.69) is 40.8 Å². The van der Waals surface area contributed by atoms with Gasteiger partial charge in [-0.05, 0) is 99.7 Å². The number of carbonyl (C=O) groups is 2. The Morgan fingerprint density at radius 1 is 0.825 bits per heavy atom. The minimum Gasteiger partial charge on any atom is -0.371 e. The van der Waals surface area contributed by atoms with Gasteiger partial charge < -0.3 is 19.7 Å². The number of fused-ring (bicyclic) bond motifs is 1. The van der Waals surface area contributed by atoms with Crippen molar-refractivity contribution in [2.24, 2.45) is 0 Å². The number of nitrogens with one attached hydrogen (secondary N) is 1. The molecule has 4 heterocycles. The lowest BCUT2D eigenvalue weighted by molar-refractivity contribution is -0.117. The van der Waals surface area contributed by atoms with Crippen molar-refractivity contribution < 1.29 is 9.59 Å². The number of para-hydroxylation sites is 1. The lowest BCUT2D eigenvalue weighted by Crippen LogP contribution is -2.31. The molecular formula is C33H35N5O2. The second-order valence-corrected chi connectivity index (χ2v) is 10.8. The minimum absolute atomic E-state index is 0.0246. The van der Waals surface area contributed by atoms with E-state index in [1.54, 1.807) is 0 Å². The monoisotopic (exact) mass is 533 g/mol. The summed E-state index contributed by atoms with van der Waals surface area (Å²) in [6.07, 6.45) is 4.55. The van der Waals surface area contributed by atoms with Gasteiger partial charge in [-0.25, -0.2) is 4.98 Å². The summed E-state index contributed by atoms with van der Waals surface area (Å²) in [5.74, 6) is 0.747. The van der Waals surface area contributed by atoms with Crippen molar-refractivity contribution in [2.45, 2.75) is 46.0 Å². The van der Waals surface area contributed by atoms with Crippen molar-refractivity contribution in [3.63, 3.8) is 0 Å². The normalized spacial score (nSPS) is 14.8. The highest BCUT2D eigenvalue weighted by atomic mass is 16.2. The summed E-state index contributed by atoms with van der Waals surface area (Å²) in [6, 6.07) is 23.7. The molecule has 1 fully saturated rings. The third kappa shape index (κ3) is 5.11. The van der Waals surface area contributed by atoms with Crippen LogP contribution in [0, 0.1) is 13.8 Å². The Balaban J connectivity index is 1.15. The molecule has 2 aliphatic rings. The predicted molar refractivity (Wildman–Crippen MR) is 160 cm³/mol. The maximum absolute atomic E-state index is 13.3. The van der Waals surface area contributed by atoms with Crippen LogP contribution in [0.5, 0.6) is 0 Å². The zero-order chi connectivity index (χ0) is 27.6. The molecule has 7 nitrogen and oxygen atoms in total. The van der Waals surface area contributed by atoms with Crippen LogP contribution in [0.1, 0.15) is 52.3 Å². The van der Waals surface area contributed by atoms with E-state index in [0.717, 1.165) is 77.9 Å². The molecule has 1 N–H and O–H groups in total. The number of pyridine rings is 1. The topological polar surface area (TPSA) is 70.5 Å². The lowest BCUT2D eigenvalue weighted by atomic mass is 10.1. The Bertz CT molecular complexity index is 1550. The number of hydrogen-bond acceptors (Lipinski definition) is 4. The summed E-state index contributed by atoms with van der Waals surface area (Å²) >= 11 is 0. The smallest absolute Gasteiger partial charge is 0.257 e. The van der Waals surface area contributed by atoms with Gasteiger partial charge in [-0.2, -0.15) is 0 Å². The lowest BCUT2D eigenvalue weighted by Gasteiger charge is -2.30. The van der Waals surface area contributed by atoms with Gasteiger partial charge >= 0.3 is 0 Å². The third-order valence-corrected chi connectivity index (χ3v) is 8.00. The maximum Gasteiger partial charge on any atom is 0.257 e. The molecule has 0 spiro atoms. The van der Waals surface area contributed by atoms with Gasteiger partial charge in [-0.1, -0.05) is 18.2 Å². The molecule has 2 amide bonds. The Morgan fingerprint density at radius 2 is 1.60 bits per heavy atom. The highest BCUT2D eigenvalue weighted by molar-refractivity contribution is 6.08. The first kappa shape index (κ1) is 25.9. The van der Waals surface area contributed by atoms with Gasteiger partial charge in [0.15, 0.2) is 0 Å². The fraction of sp³-hybridized carbons (Fsp3) is 0.303. The van der Waals surface area contributed by atoms with Gasteiger partial charge in [0.05, 0.1) is 17.7 Å². The van der Waals surface area contributed by atoms with Crippen LogP contribution in [0.15, 0.2) is 72.8 Å². The summed E-state index contributed by atoms with van der Waals surface area (Å²) in [5.41, 5.74) is 7.39. The number of rotatable bonds is 6. The molecule has 2 aliphatic heterocycles. The molecule has 0 saturated carbocycles. The maximum atomic E-state index is 13.3. The molecule has 2 aromatic heterocycles. The standard InChI is InChI=1S/C33H35N5O2/c1-23-13-14-24(2)38(23)31-12-8-9-26(34-31)22-32(39)37-20-17-25-21-27(15-16-29(25)37)35-33(40)28-10-4-5-11-30(28)36-18-6-3-7-19-36/h4-5,8-16,21H,3,6-7,17-20,22H2,1-2H3,(H,35,40). The number of benzene rings is 2. The first-order valence-corrected chi connectivity index (χ1v) is 14.2. The number of hydrogen-bond donors (Lipinski definition) is 1. The fourth-order valence-electron chi connectivity index (χ4n) is 5.98. The zero-order valence-corrected chi connectivity index (χ0v) is 23.2. The quantitative estimate of drug-likeness (QED) is 0.337. The van der Waals surface area contributed by atoms with E-state index < -0.39 is 0 Å². The molecule has 1 saturated heterocycles. The van der Waals surface area contributed by atoms with Crippen LogP contribution in [0.3, 0.4) is 0 Å². The fourth-order valence-corrected chi connectivity index (χ4v) is 5.98. The average molecular weight is 534 g/mol. The van der Waals surface area contributed by atoms with Crippen LogP contribution >= 0.6 is 0 Å². The summed E-state index contributed by atoms with van der Waals surface area (Å²) in [6.45, 7) is 6.70. The van der Waals surface area contributed by atoms with Crippen LogP contribution in [0.4, 0.5) is 17.1 Å². The molecule has 4 aromatic rings. The molecule has 6 rings (SSSR count). The Morgan fingerprint density at radius 3 is 2.40 bits per heavy atom. The summed E-state index contributed by atoms with van der Waals surface area (Å²) < 4.78 is 2.10. The largest absolute Gasteiger partial charge is 0.371 e. The van der Waals surface area contributed by atoms with Gasteiger partial charge in [0.1, 0.15) is 5.82 Å². The van der Waals surface area contributed by atoms with Gasteiger partial charge in [0.25, 0.3) is 5.91 Å². The summed E-state index contributed by atoms with van der Waals surface area (Å²) in [7, 11) is 0. The number of aryl methyl sites for hydroxylation is 2. The van der Waals surface area contributed by atoms with E-state index in [0.29, 0.717) is 12.1 Å². The highest BCUT2D eigenvalue weighted by Crippen LogP contribution is 2.32. The number of aromatic nitrogens is 2. The molecule has 204 valence electrons. The van der Waals surface area contributed by atoms with E-state index in [-0.39, 0.29) is 18.2 Å². The number of carbonyl (C=O) groups excluding carboxylic acids is 2. The molecule has 0 atom stereocenters. The first-order chi connectivity index (χ1) is 19.5. The van der Waals surface area contributed by atoms with Crippen LogP contribution in [0.2, 0.25) is 0 Å². The van der Waals surface area contributed by atoms with E-state index in [1.807, 2.05) is 65.6 Å². The molecule has 0 unspecified atom stereocenters. The average Bonchev–Trinajstić information content (AvgIpc) is 3.55. The molecule has 40 heavy (non-hydrogen) atoms. The van der Waals surface area contributed by atoms with Gasteiger partial charge in [-0.3, -0.25) is 9.59 Å². The number of nitrogens with zero attached hydrogens (tertiary/aromatic N) is 4. The SMILES string of the molecule is Cc1ccc(C)n1-c1cccc(CC(=O)N2CCc3cc(NC(=O)c4ccccc4N4CCCCC4)ccc32)n1. The van der Waals surface area contributed by atoms with Crippen molar-refractivity contribution in [1.29, 1.82) is 0 Å². The predicted octanol–water partition coefficient (Wildman–Crippen LogP) is 5.86. The van der Waals surface area contributed by atoms with E-state index in [9.17, 15) is 9.59 Å². The number of piperidine rings is 1. The Hall–Kier alpha value is -4.39. The van der Waals surface area contributed by atoms with E-state index in [4.69, 9.17) is 4.98 Å². The van der Waals surface area contributed by atoms with E-state index in [1.165, 1.54) is 6.42 Å². The molecule has 2 aromatic carbocycles. The van der Waals surface area contributed by atoms with Gasteiger partial charge in [-0.15, -0.1) is 0 Å². The van der Waals surface area contributed by atoms with Crippen molar-refractivity contribution in [1.82, 2.24) is 9.55 Å². The Kier molecular flexibility index (Phi) is 7.11. The molecule has 0 aliphatic carbocycles. The van der Waals surface area contributed by atoms with Crippen LogP contribution in [-0.4, -0.2) is 41.0 Å². The summed E-state index contributed by atoms with van der Waals surface area (Å²) in [5, 5.41) is 3.10. The van der Waals surface area contributed by atoms with E-state index >= 15 is 0 Å². The van der Waals surface area contributed by atoms with Crippen molar-refractivity contribution in [3.8, 4) is 5.82 Å². The zero-order valence-electron chi connectivity index (χ0n) is 23.2. The Labute approximate surface area is 235 Å². The van der Waals surface area contributed by atoms with Crippen LogP contribution in [0.25, 0.3) is 5.82 Å². The van der Waals surface area contributed by atoms with Gasteiger partial charge in [0, 0.05) is 48.1 Å². The minimum atomic E-state index is -0.105. The molecular weight excluding hydrogens is 498 g/mol. The molecule has 7 heteroatoms. The van der Waals surface area contributed by atoms with Crippen LogP contribution < -0.4 is 15.1 Å². The van der Waals surface area contributed by atoms with Crippen molar-refractivity contribution >= 4 is 28.9 Å². The first-order valence-electron chi connectivity index (χ1n) is 14.2. The molecule has 0 bridgehead atoms. The highest BCUT2D eigenvalue weighted by Gasteiger charge is 2.26. The molecule has 0 radical (unpaired) electrons. The van der Waals surface area contributed by atoms with Crippen molar-refractivity contribution in [2.75, 3.05) is 34.8 Å². The van der Waals surface area contributed by atoms with Crippen LogP contribution in [-0.2, 0) is 17.6 Å².